The van der Waals surface area contributed by atoms with Crippen LogP contribution in [-0.4, -0.2) is 23.3 Å². The third-order valence-electron chi connectivity index (χ3n) is 6.49. The van der Waals surface area contributed by atoms with Gasteiger partial charge in [-0.25, -0.2) is 9.37 Å². The fourth-order valence-electron chi connectivity index (χ4n) is 4.41. The molecular weight excluding hydrogens is 401 g/mol. The van der Waals surface area contributed by atoms with Gasteiger partial charge in [-0.05, 0) is 68.6 Å². The number of hydrogen-bond acceptors (Lipinski definition) is 4. The third kappa shape index (κ3) is 5.06. The third-order valence-corrected chi connectivity index (χ3v) is 7.35. The smallest absolute Gasteiger partial charge is 0.251 e. The summed E-state index contributed by atoms with van der Waals surface area (Å²) in [5.41, 5.74) is 0.353. The molecule has 0 spiro atoms. The van der Waals surface area contributed by atoms with E-state index < -0.39 is 5.82 Å². The lowest BCUT2D eigenvalue weighted by atomic mass is 9.78. The monoisotopic (exact) mass is 429 g/mol. The number of amides is 2. The van der Waals surface area contributed by atoms with Gasteiger partial charge in [-0.1, -0.05) is 12.5 Å². The Bertz CT molecular complexity index is 861. The van der Waals surface area contributed by atoms with E-state index in [0.29, 0.717) is 23.9 Å². The first kappa shape index (κ1) is 21.0. The molecule has 2 amide bonds. The minimum atomic E-state index is -0.402. The van der Waals surface area contributed by atoms with Crippen molar-refractivity contribution in [2.24, 2.45) is 17.8 Å². The first-order chi connectivity index (χ1) is 14.6. The number of carbonyl (C=O) groups is 2. The summed E-state index contributed by atoms with van der Waals surface area (Å²) in [4.78, 5) is 29.3. The van der Waals surface area contributed by atoms with Crippen LogP contribution in [0.3, 0.4) is 0 Å². The van der Waals surface area contributed by atoms with E-state index in [2.05, 4.69) is 15.6 Å². The van der Waals surface area contributed by atoms with E-state index >= 15 is 0 Å². The van der Waals surface area contributed by atoms with Gasteiger partial charge in [-0.15, -0.1) is 11.3 Å². The van der Waals surface area contributed by atoms with Gasteiger partial charge in [-0.3, -0.25) is 9.59 Å². The van der Waals surface area contributed by atoms with Gasteiger partial charge in [0.15, 0.2) is 0 Å². The Labute approximate surface area is 180 Å². The van der Waals surface area contributed by atoms with Crippen LogP contribution in [-0.2, 0) is 4.79 Å². The van der Waals surface area contributed by atoms with Gasteiger partial charge >= 0.3 is 0 Å². The second kappa shape index (κ2) is 9.69. The van der Waals surface area contributed by atoms with Gasteiger partial charge in [0.05, 0.1) is 6.04 Å². The topological polar surface area (TPSA) is 71.1 Å². The molecule has 0 radical (unpaired) electrons. The highest BCUT2D eigenvalue weighted by Gasteiger charge is 2.34. The summed E-state index contributed by atoms with van der Waals surface area (Å²) < 4.78 is 13.3. The van der Waals surface area contributed by atoms with Crippen LogP contribution in [0.1, 0.15) is 66.4 Å². The Balaban J connectivity index is 1.29. The number of nitrogens with one attached hydrogen (secondary N) is 2. The average molecular weight is 430 g/mol. The molecule has 0 saturated heterocycles. The van der Waals surface area contributed by atoms with Gasteiger partial charge in [0, 0.05) is 29.6 Å². The highest BCUT2D eigenvalue weighted by molar-refractivity contribution is 7.09. The molecule has 2 fully saturated rings. The number of thiazole rings is 1. The molecule has 160 valence electrons. The summed E-state index contributed by atoms with van der Waals surface area (Å²) in [6.07, 6.45) is 8.92. The lowest BCUT2D eigenvalue weighted by molar-refractivity contribution is -0.128. The number of rotatable bonds is 7. The molecule has 2 aliphatic carbocycles. The molecule has 2 aromatic rings. The molecule has 1 aromatic carbocycles. The molecule has 2 saturated carbocycles. The Morgan fingerprint density at radius 2 is 1.97 bits per heavy atom. The predicted octanol–water partition coefficient (Wildman–Crippen LogP) is 4.48. The minimum Gasteiger partial charge on any atom is -0.352 e. The van der Waals surface area contributed by atoms with Gasteiger partial charge in [0.25, 0.3) is 5.91 Å². The summed E-state index contributed by atoms with van der Waals surface area (Å²) in [7, 11) is 0. The second-order valence-corrected chi connectivity index (χ2v) is 9.41. The summed E-state index contributed by atoms with van der Waals surface area (Å²) >= 11 is 1.60. The highest BCUT2D eigenvalue weighted by atomic mass is 32.1. The fraction of sp³-hybridized carbons (Fsp3) is 0.522. The molecule has 0 unspecified atom stereocenters. The molecule has 1 heterocycles. The Kier molecular flexibility index (Phi) is 6.77. The SMILES string of the molecule is O=C(NCC1CCC([C@H](NC(=O)C2CCC2)c2nccs2)CC1)c1cccc(F)c1. The largest absolute Gasteiger partial charge is 0.352 e. The zero-order valence-corrected chi connectivity index (χ0v) is 17.8. The summed E-state index contributed by atoms with van der Waals surface area (Å²) in [6, 6.07) is 5.75. The molecule has 7 heteroatoms. The fourth-order valence-corrected chi connectivity index (χ4v) is 5.19. The van der Waals surface area contributed by atoms with Crippen molar-refractivity contribution in [2.45, 2.75) is 51.0 Å². The van der Waals surface area contributed by atoms with Crippen molar-refractivity contribution in [1.82, 2.24) is 15.6 Å². The van der Waals surface area contributed by atoms with Crippen LogP contribution >= 0.6 is 11.3 Å². The average Bonchev–Trinajstić information content (AvgIpc) is 3.24. The first-order valence-corrected chi connectivity index (χ1v) is 11.7. The Morgan fingerprint density at radius 1 is 1.17 bits per heavy atom. The van der Waals surface area contributed by atoms with Crippen LogP contribution in [0.4, 0.5) is 4.39 Å². The summed E-state index contributed by atoms with van der Waals surface area (Å²) in [6.45, 7) is 0.596. The highest BCUT2D eigenvalue weighted by Crippen LogP contribution is 2.38. The maximum atomic E-state index is 13.3. The van der Waals surface area contributed by atoms with Crippen molar-refractivity contribution in [3.8, 4) is 0 Å². The lowest BCUT2D eigenvalue weighted by Gasteiger charge is -2.35. The number of benzene rings is 1. The van der Waals surface area contributed by atoms with Crippen molar-refractivity contribution in [3.63, 3.8) is 0 Å². The van der Waals surface area contributed by atoms with Crippen LogP contribution in [0, 0.1) is 23.6 Å². The van der Waals surface area contributed by atoms with E-state index in [1.54, 1.807) is 29.7 Å². The van der Waals surface area contributed by atoms with Gasteiger partial charge < -0.3 is 10.6 Å². The Hall–Kier alpha value is -2.28. The zero-order valence-electron chi connectivity index (χ0n) is 17.0. The summed E-state index contributed by atoms with van der Waals surface area (Å²) in [5, 5.41) is 9.19. The number of hydrogen-bond donors (Lipinski definition) is 2. The molecule has 1 aromatic heterocycles. The second-order valence-electron chi connectivity index (χ2n) is 8.49. The number of halogens is 1. The van der Waals surface area contributed by atoms with Crippen molar-refractivity contribution in [3.05, 3.63) is 52.2 Å². The molecule has 0 aliphatic heterocycles. The van der Waals surface area contributed by atoms with Gasteiger partial charge in [0.1, 0.15) is 10.8 Å². The molecule has 0 bridgehead atoms. The van der Waals surface area contributed by atoms with Crippen LogP contribution in [0.2, 0.25) is 0 Å². The Morgan fingerprint density at radius 3 is 2.60 bits per heavy atom. The first-order valence-electron chi connectivity index (χ1n) is 10.8. The maximum Gasteiger partial charge on any atom is 0.251 e. The lowest BCUT2D eigenvalue weighted by Crippen LogP contribution is -2.41. The molecule has 2 N–H and O–H groups in total. The van der Waals surface area contributed by atoms with Crippen LogP contribution < -0.4 is 10.6 Å². The van der Waals surface area contributed by atoms with Crippen LogP contribution in [0.25, 0.3) is 0 Å². The van der Waals surface area contributed by atoms with E-state index in [1.807, 2.05) is 5.38 Å². The number of aromatic nitrogens is 1. The van der Waals surface area contributed by atoms with E-state index in [0.717, 1.165) is 50.0 Å². The van der Waals surface area contributed by atoms with Crippen molar-refractivity contribution in [1.29, 1.82) is 0 Å². The number of carbonyl (C=O) groups excluding carboxylic acids is 2. The quantitative estimate of drug-likeness (QED) is 0.682. The standard InChI is InChI=1S/C23H28FN3O2S/c24-19-6-2-5-18(13-19)21(28)26-14-15-7-9-16(10-8-15)20(23-25-11-12-30-23)27-22(29)17-3-1-4-17/h2,5-6,11-13,15-17,20H,1,3-4,7-10,14H2,(H,26,28)(H,27,29)/t15?,16?,20-/m0/s1. The molecule has 5 nitrogen and oxygen atoms in total. The molecule has 1 atom stereocenters. The molecule has 2 aliphatic rings. The van der Waals surface area contributed by atoms with Crippen molar-refractivity contribution < 1.29 is 14.0 Å². The molecule has 4 rings (SSSR count). The normalized spacial score (nSPS) is 22.7. The van der Waals surface area contributed by atoms with Gasteiger partial charge in [-0.2, -0.15) is 0 Å². The number of nitrogens with zero attached hydrogens (tertiary/aromatic N) is 1. The zero-order chi connectivity index (χ0) is 20.9. The van der Waals surface area contributed by atoms with E-state index in [1.165, 1.54) is 12.1 Å². The van der Waals surface area contributed by atoms with E-state index in [4.69, 9.17) is 0 Å². The predicted molar refractivity (Wildman–Crippen MR) is 115 cm³/mol. The van der Waals surface area contributed by atoms with Crippen LogP contribution in [0.5, 0.6) is 0 Å². The van der Waals surface area contributed by atoms with E-state index in [9.17, 15) is 14.0 Å². The van der Waals surface area contributed by atoms with Crippen molar-refractivity contribution in [2.75, 3.05) is 6.54 Å². The van der Waals surface area contributed by atoms with E-state index in [-0.39, 0.29) is 23.8 Å². The molecule has 30 heavy (non-hydrogen) atoms. The summed E-state index contributed by atoms with van der Waals surface area (Å²) in [5.74, 6) is 0.478. The van der Waals surface area contributed by atoms with Crippen molar-refractivity contribution >= 4 is 23.2 Å². The van der Waals surface area contributed by atoms with Crippen LogP contribution in [0.15, 0.2) is 35.8 Å². The maximum absolute atomic E-state index is 13.3. The minimum absolute atomic E-state index is 0.0130. The van der Waals surface area contributed by atoms with Gasteiger partial charge in [0.2, 0.25) is 5.91 Å². The molecular formula is C23H28FN3O2S.